The SMILES string of the molecule is CC1CCC(C)CC1.CC1CCC(C2CCC(C)CC2)CC1.CC1CCC2CC(C)CCC2C1.Cc1ccc(-c2ccc(C)cc2)cc1.Cc1ccc(C)cc1.Cc1ccc2cc(C)ccc2c1. The van der Waals surface area contributed by atoms with Crippen molar-refractivity contribution >= 4 is 10.8 Å². The van der Waals surface area contributed by atoms with Crippen molar-refractivity contribution in [2.75, 3.05) is 0 Å². The summed E-state index contributed by atoms with van der Waals surface area (Å²) in [5.74, 6) is 10.6. The van der Waals surface area contributed by atoms with Crippen LogP contribution in [0.25, 0.3) is 21.9 Å². The lowest BCUT2D eigenvalue weighted by atomic mass is 9.65. The predicted molar refractivity (Wildman–Crippen MR) is 303 cm³/mol. The van der Waals surface area contributed by atoms with E-state index in [1.165, 1.54) is 145 Å². The van der Waals surface area contributed by atoms with Crippen LogP contribution in [0.2, 0.25) is 0 Å². The highest BCUT2D eigenvalue weighted by Gasteiger charge is 2.33. The lowest BCUT2D eigenvalue weighted by Gasteiger charge is -2.40. The quantitative estimate of drug-likeness (QED) is 0.166. The fourth-order valence-electron chi connectivity index (χ4n) is 11.9. The molecule has 5 fully saturated rings. The first kappa shape index (κ1) is 55.3. The van der Waals surface area contributed by atoms with Gasteiger partial charge in [0.2, 0.25) is 0 Å². The molecular formula is C68H100. The second-order valence-electron chi connectivity index (χ2n) is 24.0. The van der Waals surface area contributed by atoms with E-state index in [2.05, 4.69) is 192 Å². The van der Waals surface area contributed by atoms with Gasteiger partial charge in [0.15, 0.2) is 0 Å². The molecule has 0 heteroatoms. The van der Waals surface area contributed by atoms with Crippen molar-refractivity contribution < 1.29 is 0 Å². The van der Waals surface area contributed by atoms with Gasteiger partial charge in [-0.25, -0.2) is 0 Å². The average Bonchev–Trinajstić information content (AvgIpc) is 3.33. The number of rotatable bonds is 2. The topological polar surface area (TPSA) is 0 Å². The number of fused-ring (bicyclic) bond motifs is 2. The number of hydrogen-bond acceptors (Lipinski definition) is 0. The van der Waals surface area contributed by atoms with Gasteiger partial charge in [0.25, 0.3) is 0 Å². The lowest BCUT2D eigenvalue weighted by Crippen LogP contribution is -2.29. The van der Waals surface area contributed by atoms with Crippen LogP contribution in [0.15, 0.2) is 109 Å². The van der Waals surface area contributed by atoms with E-state index in [-0.39, 0.29) is 0 Å². The molecule has 0 spiro atoms. The Bertz CT molecular complexity index is 1940. The van der Waals surface area contributed by atoms with Gasteiger partial charge < -0.3 is 0 Å². The van der Waals surface area contributed by atoms with Crippen LogP contribution in [0.1, 0.15) is 190 Å². The Kier molecular flexibility index (Phi) is 23.5. The molecule has 0 bridgehead atoms. The molecule has 0 aliphatic heterocycles. The van der Waals surface area contributed by atoms with Gasteiger partial charge in [0, 0.05) is 0 Å². The average molecular weight is 918 g/mol. The van der Waals surface area contributed by atoms with Crippen LogP contribution in [-0.4, -0.2) is 0 Å². The Morgan fingerprint density at radius 1 is 0.235 bits per heavy atom. The number of benzene rings is 5. The van der Waals surface area contributed by atoms with Crippen molar-refractivity contribution in [1.82, 2.24) is 0 Å². The minimum Gasteiger partial charge on any atom is -0.0625 e. The standard InChI is InChI=1S/C14H26.C14H14.C12H22.C12H12.C8H16.C8H10/c2*1-11-3-7-13(8-4-11)14-9-5-12(2)6-10-14;2*1-9-3-5-12-8-10(2)4-6-11(12)7-9;2*1-7-3-5-8(2)6-4-7/h11-14H,3-10H2,1-2H3;3-10H,1-2H3;9-12H,3-8H2,1-2H3;3-8H,1-2H3;7-8H,3-6H2,1-2H3;3-6H,1-2H3. The lowest BCUT2D eigenvalue weighted by molar-refractivity contribution is 0.109. The normalized spacial score (nSPS) is 27.5. The first-order chi connectivity index (χ1) is 32.6. The van der Waals surface area contributed by atoms with Gasteiger partial charge in [-0.3, -0.25) is 0 Å². The number of aryl methyl sites for hydroxylation is 6. The van der Waals surface area contributed by atoms with Crippen LogP contribution >= 0.6 is 0 Å². The Hall–Kier alpha value is -3.64. The minimum absolute atomic E-state index is 1.02. The second-order valence-corrected chi connectivity index (χ2v) is 24.0. The summed E-state index contributed by atoms with van der Waals surface area (Å²) >= 11 is 0. The molecule has 5 aliphatic carbocycles. The van der Waals surface area contributed by atoms with Crippen molar-refractivity contribution in [1.29, 1.82) is 0 Å². The minimum atomic E-state index is 1.02. The van der Waals surface area contributed by atoms with E-state index < -0.39 is 0 Å². The van der Waals surface area contributed by atoms with Crippen LogP contribution in [0, 0.1) is 101 Å². The summed E-state index contributed by atoms with van der Waals surface area (Å²) in [5.41, 5.74) is 10.5. The molecule has 0 aromatic heterocycles. The molecule has 10 rings (SSSR count). The molecule has 4 unspecified atom stereocenters. The van der Waals surface area contributed by atoms with Crippen LogP contribution < -0.4 is 0 Å². The molecule has 372 valence electrons. The van der Waals surface area contributed by atoms with Crippen LogP contribution in [0.5, 0.6) is 0 Å². The van der Waals surface area contributed by atoms with Gasteiger partial charge in [0.05, 0.1) is 0 Å². The molecule has 5 aromatic carbocycles. The Morgan fingerprint density at radius 2 is 0.456 bits per heavy atom. The fourth-order valence-corrected chi connectivity index (χ4v) is 11.9. The maximum atomic E-state index is 2.44. The van der Waals surface area contributed by atoms with Gasteiger partial charge in [-0.15, -0.1) is 0 Å². The van der Waals surface area contributed by atoms with Gasteiger partial charge >= 0.3 is 0 Å². The van der Waals surface area contributed by atoms with E-state index in [0.29, 0.717) is 0 Å². The molecule has 0 heterocycles. The monoisotopic (exact) mass is 917 g/mol. The molecule has 0 N–H and O–H groups in total. The maximum absolute atomic E-state index is 2.44. The number of hydrogen-bond donors (Lipinski definition) is 0. The van der Waals surface area contributed by atoms with E-state index in [1.54, 1.807) is 25.7 Å². The largest absolute Gasteiger partial charge is 0.0625 e. The highest BCUT2D eigenvalue weighted by Crippen LogP contribution is 2.44. The summed E-state index contributed by atoms with van der Waals surface area (Å²) < 4.78 is 0. The Morgan fingerprint density at radius 3 is 0.750 bits per heavy atom. The van der Waals surface area contributed by atoms with Crippen molar-refractivity contribution in [3.8, 4) is 11.1 Å². The van der Waals surface area contributed by atoms with Gasteiger partial charge in [-0.1, -0.05) is 248 Å². The van der Waals surface area contributed by atoms with Gasteiger partial charge in [-0.2, -0.15) is 0 Å². The smallest absolute Gasteiger partial charge is 0.0181 e. The third-order valence-electron chi connectivity index (χ3n) is 17.0. The zero-order chi connectivity index (χ0) is 49.0. The van der Waals surface area contributed by atoms with Crippen LogP contribution in [0.3, 0.4) is 0 Å². The van der Waals surface area contributed by atoms with E-state index in [0.717, 1.165) is 59.2 Å². The van der Waals surface area contributed by atoms with Crippen molar-refractivity contribution in [3.63, 3.8) is 0 Å². The van der Waals surface area contributed by atoms with E-state index in [1.807, 2.05) is 0 Å². The van der Waals surface area contributed by atoms with Crippen molar-refractivity contribution in [3.05, 3.63) is 143 Å². The molecule has 5 aliphatic rings. The first-order valence-corrected chi connectivity index (χ1v) is 28.2. The second kappa shape index (κ2) is 28.9. The van der Waals surface area contributed by atoms with Crippen molar-refractivity contribution in [2.24, 2.45) is 59.2 Å². The molecule has 0 nitrogen and oxygen atoms in total. The van der Waals surface area contributed by atoms with Crippen molar-refractivity contribution in [2.45, 2.75) is 199 Å². The molecule has 0 radical (unpaired) electrons. The summed E-state index contributed by atoms with van der Waals surface area (Å²) in [7, 11) is 0. The third-order valence-corrected chi connectivity index (χ3v) is 17.0. The van der Waals surface area contributed by atoms with Gasteiger partial charge in [0.1, 0.15) is 0 Å². The maximum Gasteiger partial charge on any atom is -0.0181 e. The molecule has 0 saturated heterocycles. The fraction of sp³-hybridized carbons (Fsp3) is 0.588. The molecule has 0 amide bonds. The van der Waals surface area contributed by atoms with E-state index >= 15 is 0 Å². The molecule has 68 heavy (non-hydrogen) atoms. The van der Waals surface area contributed by atoms with Gasteiger partial charge in [-0.05, 0) is 174 Å². The summed E-state index contributed by atoms with van der Waals surface area (Å²) in [6.07, 6.45) is 27.3. The third kappa shape index (κ3) is 20.0. The summed E-state index contributed by atoms with van der Waals surface area (Å²) in [6, 6.07) is 38.8. The summed E-state index contributed by atoms with van der Waals surface area (Å²) in [6.45, 7) is 27.1. The summed E-state index contributed by atoms with van der Waals surface area (Å²) in [4.78, 5) is 0. The predicted octanol–water partition coefficient (Wildman–Crippen LogP) is 21.1. The molecule has 4 atom stereocenters. The highest BCUT2D eigenvalue weighted by atomic mass is 14.4. The van der Waals surface area contributed by atoms with Crippen LogP contribution in [-0.2, 0) is 0 Å². The first-order valence-electron chi connectivity index (χ1n) is 28.2. The Labute approximate surface area is 420 Å². The van der Waals surface area contributed by atoms with E-state index in [4.69, 9.17) is 0 Å². The zero-order valence-corrected chi connectivity index (χ0v) is 45.9. The van der Waals surface area contributed by atoms with Crippen LogP contribution in [0.4, 0.5) is 0 Å². The molecule has 5 aromatic rings. The molecular weight excluding hydrogens is 817 g/mol. The zero-order valence-electron chi connectivity index (χ0n) is 45.9. The summed E-state index contributed by atoms with van der Waals surface area (Å²) in [5, 5.41) is 2.67. The highest BCUT2D eigenvalue weighted by molar-refractivity contribution is 5.83. The Balaban J connectivity index is 0.000000154. The van der Waals surface area contributed by atoms with E-state index in [9.17, 15) is 0 Å². The molecule has 5 saturated carbocycles.